The maximum Gasteiger partial charge on any atom is 0.221 e. The Morgan fingerprint density at radius 2 is 1.95 bits per heavy atom. The number of likely N-dealkylation sites (N-methyl/N-ethyl adjacent to an activating group) is 1. The number of hydrogen-bond acceptors (Lipinski definition) is 3. The molecular formula is C15H25N3O. The zero-order valence-corrected chi connectivity index (χ0v) is 12.0. The molecule has 1 aromatic carbocycles. The number of hydrogen-bond donors (Lipinski definition) is 2. The molecule has 0 aliphatic carbocycles. The molecule has 0 saturated carbocycles. The van der Waals surface area contributed by atoms with Gasteiger partial charge in [0, 0.05) is 39.1 Å². The third-order valence-corrected chi connectivity index (χ3v) is 2.87. The molecule has 0 unspecified atom stereocenters. The van der Waals surface area contributed by atoms with E-state index in [-0.39, 0.29) is 5.91 Å². The minimum atomic E-state index is 0.118. The maximum absolute atomic E-state index is 11.2. The molecule has 0 saturated heterocycles. The van der Waals surface area contributed by atoms with Crippen LogP contribution < -0.4 is 10.6 Å². The van der Waals surface area contributed by atoms with Crippen LogP contribution in [0.4, 0.5) is 0 Å². The Morgan fingerprint density at radius 3 is 2.63 bits per heavy atom. The van der Waals surface area contributed by atoms with E-state index in [4.69, 9.17) is 0 Å². The number of nitrogens with zero attached hydrogens (tertiary/aromatic N) is 1. The van der Waals surface area contributed by atoms with Gasteiger partial charge in [0.15, 0.2) is 0 Å². The summed E-state index contributed by atoms with van der Waals surface area (Å²) in [7, 11) is 2.11. The Labute approximate surface area is 116 Å². The lowest BCUT2D eigenvalue weighted by Crippen LogP contribution is -2.32. The molecule has 0 aromatic heterocycles. The van der Waals surface area contributed by atoms with Crippen molar-refractivity contribution in [1.29, 1.82) is 0 Å². The maximum atomic E-state index is 11.2. The summed E-state index contributed by atoms with van der Waals surface area (Å²) in [6.45, 7) is 6.22. The standard InChI is InChI=1S/C15H25N3O/c1-3-17-15(19)9-10-16-11-12-18(2)13-14-7-5-4-6-8-14/h4-8,16H,3,9-13H2,1-2H3,(H,17,19). The number of nitrogens with one attached hydrogen (secondary N) is 2. The van der Waals surface area contributed by atoms with E-state index in [1.807, 2.05) is 13.0 Å². The molecular weight excluding hydrogens is 238 g/mol. The molecule has 0 aliphatic heterocycles. The van der Waals surface area contributed by atoms with Gasteiger partial charge >= 0.3 is 0 Å². The molecule has 1 rings (SSSR count). The van der Waals surface area contributed by atoms with Crippen molar-refractivity contribution in [2.24, 2.45) is 0 Å². The fourth-order valence-corrected chi connectivity index (χ4v) is 1.86. The molecule has 0 heterocycles. The normalized spacial score (nSPS) is 10.7. The monoisotopic (exact) mass is 263 g/mol. The smallest absolute Gasteiger partial charge is 0.221 e. The Balaban J connectivity index is 2.04. The van der Waals surface area contributed by atoms with Gasteiger partial charge in [-0.15, -0.1) is 0 Å². The molecule has 2 N–H and O–H groups in total. The van der Waals surface area contributed by atoms with Gasteiger partial charge in [0.1, 0.15) is 0 Å². The number of rotatable bonds is 9. The molecule has 0 fully saturated rings. The Bertz CT molecular complexity index is 354. The summed E-state index contributed by atoms with van der Waals surface area (Å²) in [5.41, 5.74) is 1.33. The fraction of sp³-hybridized carbons (Fsp3) is 0.533. The zero-order valence-electron chi connectivity index (χ0n) is 12.0. The van der Waals surface area contributed by atoms with E-state index in [1.165, 1.54) is 5.56 Å². The van der Waals surface area contributed by atoms with E-state index >= 15 is 0 Å². The molecule has 1 aromatic rings. The molecule has 0 bridgehead atoms. The average Bonchev–Trinajstić information content (AvgIpc) is 2.40. The van der Waals surface area contributed by atoms with E-state index in [1.54, 1.807) is 0 Å². The van der Waals surface area contributed by atoms with Crippen LogP contribution in [0.25, 0.3) is 0 Å². The van der Waals surface area contributed by atoms with E-state index in [0.717, 1.165) is 26.2 Å². The van der Waals surface area contributed by atoms with Gasteiger partial charge in [-0.1, -0.05) is 30.3 Å². The van der Waals surface area contributed by atoms with Gasteiger partial charge in [-0.05, 0) is 19.5 Å². The quantitative estimate of drug-likeness (QED) is 0.659. The molecule has 0 spiro atoms. The van der Waals surface area contributed by atoms with Crippen molar-refractivity contribution in [2.75, 3.05) is 33.2 Å². The number of benzene rings is 1. The van der Waals surface area contributed by atoms with Gasteiger partial charge in [0.2, 0.25) is 5.91 Å². The topological polar surface area (TPSA) is 44.4 Å². The number of carbonyl (C=O) groups excluding carboxylic acids is 1. The van der Waals surface area contributed by atoms with E-state index < -0.39 is 0 Å². The minimum Gasteiger partial charge on any atom is -0.356 e. The Kier molecular flexibility index (Phi) is 7.86. The summed E-state index contributed by atoms with van der Waals surface area (Å²) in [6, 6.07) is 10.4. The van der Waals surface area contributed by atoms with Gasteiger partial charge in [0.05, 0.1) is 0 Å². The largest absolute Gasteiger partial charge is 0.356 e. The van der Waals surface area contributed by atoms with Crippen LogP contribution in [-0.4, -0.2) is 44.0 Å². The van der Waals surface area contributed by atoms with Crippen LogP contribution in [0.2, 0.25) is 0 Å². The van der Waals surface area contributed by atoms with Crippen molar-refractivity contribution < 1.29 is 4.79 Å². The lowest BCUT2D eigenvalue weighted by Gasteiger charge is -2.16. The highest BCUT2D eigenvalue weighted by Gasteiger charge is 2.01. The SMILES string of the molecule is CCNC(=O)CCNCCN(C)Cc1ccccc1. The third-order valence-electron chi connectivity index (χ3n) is 2.87. The van der Waals surface area contributed by atoms with Crippen LogP contribution in [-0.2, 0) is 11.3 Å². The second-order valence-electron chi connectivity index (χ2n) is 4.68. The molecule has 0 radical (unpaired) electrons. The summed E-state index contributed by atoms with van der Waals surface area (Å²) < 4.78 is 0. The van der Waals surface area contributed by atoms with Crippen molar-refractivity contribution in [3.8, 4) is 0 Å². The first-order valence-electron chi connectivity index (χ1n) is 6.92. The highest BCUT2D eigenvalue weighted by atomic mass is 16.1. The fourth-order valence-electron chi connectivity index (χ4n) is 1.86. The van der Waals surface area contributed by atoms with Crippen LogP contribution in [0.5, 0.6) is 0 Å². The lowest BCUT2D eigenvalue weighted by atomic mass is 10.2. The van der Waals surface area contributed by atoms with Crippen molar-refractivity contribution >= 4 is 5.91 Å². The summed E-state index contributed by atoms with van der Waals surface area (Å²) in [5.74, 6) is 0.118. The summed E-state index contributed by atoms with van der Waals surface area (Å²) >= 11 is 0. The Hall–Kier alpha value is -1.39. The Morgan fingerprint density at radius 1 is 1.21 bits per heavy atom. The van der Waals surface area contributed by atoms with Crippen LogP contribution in [0.3, 0.4) is 0 Å². The summed E-state index contributed by atoms with van der Waals surface area (Å²) in [5, 5.41) is 6.08. The van der Waals surface area contributed by atoms with Gasteiger partial charge in [-0.25, -0.2) is 0 Å². The molecule has 4 heteroatoms. The summed E-state index contributed by atoms with van der Waals surface area (Å²) in [4.78, 5) is 13.5. The van der Waals surface area contributed by atoms with E-state index in [0.29, 0.717) is 13.0 Å². The second kappa shape index (κ2) is 9.53. The summed E-state index contributed by atoms with van der Waals surface area (Å²) in [6.07, 6.45) is 0.552. The predicted molar refractivity (Wildman–Crippen MR) is 78.9 cm³/mol. The van der Waals surface area contributed by atoms with Crippen LogP contribution in [0.15, 0.2) is 30.3 Å². The van der Waals surface area contributed by atoms with Crippen LogP contribution in [0.1, 0.15) is 18.9 Å². The zero-order chi connectivity index (χ0) is 13.9. The van der Waals surface area contributed by atoms with Gasteiger partial charge in [-0.3, -0.25) is 4.79 Å². The van der Waals surface area contributed by atoms with Gasteiger partial charge < -0.3 is 15.5 Å². The number of carbonyl (C=O) groups is 1. The minimum absolute atomic E-state index is 0.118. The molecule has 106 valence electrons. The van der Waals surface area contributed by atoms with Crippen molar-refractivity contribution in [2.45, 2.75) is 19.9 Å². The van der Waals surface area contributed by atoms with Crippen molar-refractivity contribution in [1.82, 2.24) is 15.5 Å². The average molecular weight is 263 g/mol. The first kappa shape index (κ1) is 15.7. The first-order valence-corrected chi connectivity index (χ1v) is 6.92. The first-order chi connectivity index (χ1) is 9.22. The predicted octanol–water partition coefficient (Wildman–Crippen LogP) is 1.23. The van der Waals surface area contributed by atoms with Crippen LogP contribution in [0, 0.1) is 0 Å². The molecule has 19 heavy (non-hydrogen) atoms. The highest BCUT2D eigenvalue weighted by Crippen LogP contribution is 2.01. The lowest BCUT2D eigenvalue weighted by molar-refractivity contribution is -0.120. The van der Waals surface area contributed by atoms with Gasteiger partial charge in [-0.2, -0.15) is 0 Å². The molecule has 0 aliphatic rings. The molecule has 1 amide bonds. The van der Waals surface area contributed by atoms with Crippen LogP contribution >= 0.6 is 0 Å². The number of amides is 1. The van der Waals surface area contributed by atoms with E-state index in [2.05, 4.69) is 46.8 Å². The molecule has 0 atom stereocenters. The van der Waals surface area contributed by atoms with Crippen molar-refractivity contribution in [3.05, 3.63) is 35.9 Å². The highest BCUT2D eigenvalue weighted by molar-refractivity contribution is 5.75. The van der Waals surface area contributed by atoms with Gasteiger partial charge in [0.25, 0.3) is 0 Å². The second-order valence-corrected chi connectivity index (χ2v) is 4.68. The van der Waals surface area contributed by atoms with E-state index in [9.17, 15) is 4.79 Å². The third kappa shape index (κ3) is 7.59. The van der Waals surface area contributed by atoms with Crippen molar-refractivity contribution in [3.63, 3.8) is 0 Å². The molecule has 4 nitrogen and oxygen atoms in total.